The van der Waals surface area contributed by atoms with Gasteiger partial charge in [-0.25, -0.2) is 9.67 Å². The molecule has 3 aromatic rings. The molecular formula is C18H22N4O2. The summed E-state index contributed by atoms with van der Waals surface area (Å²) >= 11 is 0. The van der Waals surface area contributed by atoms with Crippen LogP contribution in [0.2, 0.25) is 0 Å². The van der Waals surface area contributed by atoms with Gasteiger partial charge in [0.15, 0.2) is 5.65 Å². The molecule has 1 aromatic carbocycles. The molecule has 0 atom stereocenters. The van der Waals surface area contributed by atoms with Crippen LogP contribution in [0.25, 0.3) is 22.4 Å². The highest BCUT2D eigenvalue weighted by molar-refractivity contribution is 5.77. The summed E-state index contributed by atoms with van der Waals surface area (Å²) in [7, 11) is 0. The molecule has 1 N–H and O–H groups in total. The Morgan fingerprint density at radius 3 is 2.71 bits per heavy atom. The average molecular weight is 326 g/mol. The van der Waals surface area contributed by atoms with Crippen LogP contribution >= 0.6 is 0 Å². The summed E-state index contributed by atoms with van der Waals surface area (Å²) in [5.74, 6) is 1.20. The maximum Gasteiger partial charge on any atom is 0.262 e. The third-order valence-electron chi connectivity index (χ3n) is 3.68. The number of rotatable bonds is 4. The largest absolute Gasteiger partial charge is 0.493 e. The van der Waals surface area contributed by atoms with Gasteiger partial charge in [0.2, 0.25) is 0 Å². The molecule has 2 heterocycles. The van der Waals surface area contributed by atoms with E-state index < -0.39 is 0 Å². The molecule has 2 aromatic heterocycles. The highest BCUT2D eigenvalue weighted by Gasteiger charge is 2.20. The van der Waals surface area contributed by atoms with Crippen LogP contribution in [0.3, 0.4) is 0 Å². The second-order valence-corrected chi connectivity index (χ2v) is 6.72. The van der Waals surface area contributed by atoms with Gasteiger partial charge in [0.25, 0.3) is 5.56 Å². The average Bonchev–Trinajstić information content (AvgIpc) is 2.98. The smallest absolute Gasteiger partial charge is 0.262 e. The summed E-state index contributed by atoms with van der Waals surface area (Å²) < 4.78 is 7.56. The molecular weight excluding hydrogens is 304 g/mol. The van der Waals surface area contributed by atoms with E-state index in [4.69, 9.17) is 4.74 Å². The Morgan fingerprint density at radius 2 is 2.00 bits per heavy atom. The fourth-order valence-corrected chi connectivity index (χ4v) is 2.54. The lowest BCUT2D eigenvalue weighted by molar-refractivity contribution is 0.318. The minimum atomic E-state index is -0.266. The number of hydrogen-bond acceptors (Lipinski definition) is 4. The Hall–Kier alpha value is -2.63. The lowest BCUT2D eigenvalue weighted by Gasteiger charge is -2.19. The number of benzene rings is 1. The van der Waals surface area contributed by atoms with Crippen molar-refractivity contribution in [2.45, 2.75) is 39.7 Å². The van der Waals surface area contributed by atoms with Gasteiger partial charge in [-0.15, -0.1) is 0 Å². The van der Waals surface area contributed by atoms with Crippen LogP contribution in [0.5, 0.6) is 5.75 Å². The van der Waals surface area contributed by atoms with Crippen LogP contribution in [-0.2, 0) is 5.54 Å². The van der Waals surface area contributed by atoms with Crippen LogP contribution < -0.4 is 10.3 Å². The zero-order valence-electron chi connectivity index (χ0n) is 14.5. The predicted octanol–water partition coefficient (Wildman–Crippen LogP) is 3.33. The number of aromatic nitrogens is 4. The molecule has 0 saturated heterocycles. The van der Waals surface area contributed by atoms with Crippen LogP contribution in [-0.4, -0.2) is 26.4 Å². The van der Waals surface area contributed by atoms with Crippen molar-refractivity contribution in [3.8, 4) is 17.1 Å². The molecule has 0 aliphatic carbocycles. The predicted molar refractivity (Wildman–Crippen MR) is 94.4 cm³/mol. The van der Waals surface area contributed by atoms with Crippen molar-refractivity contribution >= 4 is 11.0 Å². The molecule has 0 fully saturated rings. The maximum atomic E-state index is 12.4. The Labute approximate surface area is 140 Å². The molecule has 0 amide bonds. The Balaban J connectivity index is 2.20. The van der Waals surface area contributed by atoms with E-state index in [1.807, 2.05) is 45.0 Å². The van der Waals surface area contributed by atoms with E-state index in [2.05, 4.69) is 22.0 Å². The van der Waals surface area contributed by atoms with Gasteiger partial charge >= 0.3 is 0 Å². The Kier molecular flexibility index (Phi) is 4.13. The van der Waals surface area contributed by atoms with Gasteiger partial charge in [0.05, 0.1) is 23.9 Å². The number of fused-ring (bicyclic) bond motifs is 1. The van der Waals surface area contributed by atoms with Gasteiger partial charge < -0.3 is 9.72 Å². The van der Waals surface area contributed by atoms with E-state index in [1.165, 1.54) is 0 Å². The number of aromatic amines is 1. The van der Waals surface area contributed by atoms with Crippen LogP contribution in [0.15, 0.2) is 35.3 Å². The molecule has 24 heavy (non-hydrogen) atoms. The summed E-state index contributed by atoms with van der Waals surface area (Å²) in [6.07, 6.45) is 2.48. The lowest BCUT2D eigenvalue weighted by Crippen LogP contribution is -2.24. The Bertz CT molecular complexity index is 919. The molecule has 0 unspecified atom stereocenters. The van der Waals surface area contributed by atoms with E-state index in [9.17, 15) is 4.79 Å². The van der Waals surface area contributed by atoms with Gasteiger partial charge in [-0.05, 0) is 39.3 Å². The van der Waals surface area contributed by atoms with Crippen molar-refractivity contribution < 1.29 is 4.74 Å². The normalized spacial score (nSPS) is 11.8. The van der Waals surface area contributed by atoms with Crippen LogP contribution in [0, 0.1) is 0 Å². The van der Waals surface area contributed by atoms with Crippen molar-refractivity contribution in [3.63, 3.8) is 0 Å². The Morgan fingerprint density at radius 1 is 1.25 bits per heavy atom. The van der Waals surface area contributed by atoms with Crippen molar-refractivity contribution in [2.75, 3.05) is 6.61 Å². The molecule has 6 nitrogen and oxygen atoms in total. The zero-order chi connectivity index (χ0) is 17.3. The monoisotopic (exact) mass is 326 g/mol. The first kappa shape index (κ1) is 16.2. The highest BCUT2D eigenvalue weighted by atomic mass is 16.5. The molecule has 0 bridgehead atoms. The van der Waals surface area contributed by atoms with Crippen molar-refractivity contribution in [3.05, 3.63) is 40.8 Å². The summed E-state index contributed by atoms with van der Waals surface area (Å²) in [5.41, 5.74) is 0.881. The minimum absolute atomic E-state index is 0.198. The summed E-state index contributed by atoms with van der Waals surface area (Å²) in [6.45, 7) is 8.75. The SMILES string of the molecule is CCCOc1ccccc1-c1nc2c(cnn2C(C)(C)C)c(=O)[nH]1. The number of hydrogen-bond donors (Lipinski definition) is 1. The molecule has 0 spiro atoms. The first-order valence-corrected chi connectivity index (χ1v) is 8.12. The third-order valence-corrected chi connectivity index (χ3v) is 3.68. The fraction of sp³-hybridized carbons (Fsp3) is 0.389. The molecule has 126 valence electrons. The molecule has 3 rings (SSSR count). The van der Waals surface area contributed by atoms with Gasteiger partial charge in [-0.2, -0.15) is 5.10 Å². The number of nitrogens with zero attached hydrogens (tertiary/aromatic N) is 3. The van der Waals surface area contributed by atoms with Crippen molar-refractivity contribution in [2.24, 2.45) is 0 Å². The van der Waals surface area contributed by atoms with Gasteiger partial charge in [-0.1, -0.05) is 19.1 Å². The molecule has 0 saturated carbocycles. The van der Waals surface area contributed by atoms with E-state index in [0.717, 1.165) is 12.0 Å². The van der Waals surface area contributed by atoms with Gasteiger partial charge in [-0.3, -0.25) is 4.79 Å². The van der Waals surface area contributed by atoms with E-state index in [0.29, 0.717) is 29.2 Å². The lowest BCUT2D eigenvalue weighted by atomic mass is 10.1. The second kappa shape index (κ2) is 6.11. The van der Waals surface area contributed by atoms with Crippen LogP contribution in [0.4, 0.5) is 0 Å². The van der Waals surface area contributed by atoms with Gasteiger partial charge in [0.1, 0.15) is 17.0 Å². The molecule has 0 aliphatic heterocycles. The van der Waals surface area contributed by atoms with E-state index in [-0.39, 0.29) is 11.1 Å². The maximum absolute atomic E-state index is 12.4. The minimum Gasteiger partial charge on any atom is -0.493 e. The summed E-state index contributed by atoms with van der Waals surface area (Å²) in [4.78, 5) is 20.0. The summed E-state index contributed by atoms with van der Waals surface area (Å²) in [6, 6.07) is 7.59. The quantitative estimate of drug-likeness (QED) is 0.798. The van der Waals surface area contributed by atoms with Crippen molar-refractivity contribution in [1.82, 2.24) is 19.7 Å². The van der Waals surface area contributed by atoms with Crippen molar-refractivity contribution in [1.29, 1.82) is 0 Å². The zero-order valence-corrected chi connectivity index (χ0v) is 14.5. The number of H-pyrrole nitrogens is 1. The molecule has 6 heteroatoms. The third kappa shape index (κ3) is 2.91. The number of nitrogens with one attached hydrogen (secondary N) is 1. The number of para-hydroxylation sites is 1. The highest BCUT2D eigenvalue weighted by Crippen LogP contribution is 2.28. The fourth-order valence-electron chi connectivity index (χ4n) is 2.54. The molecule has 0 radical (unpaired) electrons. The summed E-state index contributed by atoms with van der Waals surface area (Å²) in [5, 5.41) is 4.82. The second-order valence-electron chi connectivity index (χ2n) is 6.72. The van der Waals surface area contributed by atoms with Gasteiger partial charge in [0, 0.05) is 0 Å². The molecule has 0 aliphatic rings. The van der Waals surface area contributed by atoms with E-state index >= 15 is 0 Å². The topological polar surface area (TPSA) is 72.8 Å². The first-order valence-electron chi connectivity index (χ1n) is 8.12. The van der Waals surface area contributed by atoms with Crippen LogP contribution in [0.1, 0.15) is 34.1 Å². The first-order chi connectivity index (χ1) is 11.4. The van der Waals surface area contributed by atoms with E-state index in [1.54, 1.807) is 10.9 Å². The standard InChI is InChI=1S/C18H22N4O2/c1-5-10-24-14-9-7-6-8-12(14)15-20-16-13(17(23)21-15)11-19-22(16)18(2,3)4/h6-9,11H,5,10H2,1-4H3,(H,20,21,23). The number of ether oxygens (including phenoxy) is 1.